The number of carbonyl (C=O) groups excluding carboxylic acids is 1. The highest BCUT2D eigenvalue weighted by molar-refractivity contribution is 7.19. The van der Waals surface area contributed by atoms with Crippen molar-refractivity contribution in [3.63, 3.8) is 0 Å². The molecule has 1 fully saturated rings. The Kier molecular flexibility index (Phi) is 4.91. The summed E-state index contributed by atoms with van der Waals surface area (Å²) in [6.07, 6.45) is 4.85. The van der Waals surface area contributed by atoms with Gasteiger partial charge in [0.15, 0.2) is 0 Å². The zero-order valence-electron chi connectivity index (χ0n) is 18.4. The number of hydrogen-bond acceptors (Lipinski definition) is 7. The molecule has 4 heterocycles. The lowest BCUT2D eigenvalue weighted by Crippen LogP contribution is -2.38. The van der Waals surface area contributed by atoms with Gasteiger partial charge in [-0.15, -0.1) is 11.3 Å². The van der Waals surface area contributed by atoms with Gasteiger partial charge in [0.2, 0.25) is 5.91 Å². The number of methoxy groups -OCH3 is 1. The van der Waals surface area contributed by atoms with Crippen LogP contribution in [0, 0.1) is 5.92 Å². The molecular weight excluding hydrogens is 462 g/mol. The third-order valence-electron chi connectivity index (χ3n) is 6.69. The monoisotopic (exact) mass is 484 g/mol. The summed E-state index contributed by atoms with van der Waals surface area (Å²) in [5, 5.41) is 12.3. The van der Waals surface area contributed by atoms with Crippen LogP contribution in [0.1, 0.15) is 23.3 Å². The smallest absolute Gasteiger partial charge is 0.267 e. The Morgan fingerprint density at radius 1 is 1.35 bits per heavy atom. The molecule has 0 spiro atoms. The molecule has 176 valence electrons. The number of amides is 1. The zero-order valence-corrected chi connectivity index (χ0v) is 19.2. The van der Waals surface area contributed by atoms with Gasteiger partial charge in [-0.3, -0.25) is 9.89 Å². The summed E-state index contributed by atoms with van der Waals surface area (Å²) in [6.45, 7) is -0.339. The molecule has 6 rings (SSSR count). The number of fused-ring (bicyclic) bond motifs is 4. The van der Waals surface area contributed by atoms with Crippen LogP contribution in [-0.4, -0.2) is 57.1 Å². The summed E-state index contributed by atoms with van der Waals surface area (Å²) in [5.74, 6) is -1.89. The Morgan fingerprint density at radius 3 is 3.03 bits per heavy atom. The predicted octanol–water partition coefficient (Wildman–Crippen LogP) is 4.29. The minimum Gasteiger partial charge on any atom is -0.494 e. The number of ether oxygens (including phenoxy) is 1. The van der Waals surface area contributed by atoms with Crippen LogP contribution in [0.5, 0.6) is 5.75 Å². The molecule has 1 amide bonds. The quantitative estimate of drug-likeness (QED) is 0.449. The molecule has 2 aliphatic rings. The molecule has 0 saturated carbocycles. The van der Waals surface area contributed by atoms with E-state index in [1.165, 1.54) is 11.2 Å². The maximum absolute atomic E-state index is 13.6. The van der Waals surface area contributed by atoms with Crippen LogP contribution < -0.4 is 10.1 Å². The third-order valence-corrected chi connectivity index (χ3v) is 7.85. The number of aromatic amines is 1. The number of benzene rings is 1. The molecule has 3 aromatic heterocycles. The molecule has 34 heavy (non-hydrogen) atoms. The fourth-order valence-electron chi connectivity index (χ4n) is 4.96. The molecular formula is C23H22F2N6O2S. The molecule has 0 radical (unpaired) electrons. The lowest BCUT2D eigenvalue weighted by Gasteiger charge is -2.26. The highest BCUT2D eigenvalue weighted by Gasteiger charge is 2.42. The lowest BCUT2D eigenvalue weighted by molar-refractivity contribution is -0.136. The van der Waals surface area contributed by atoms with E-state index >= 15 is 0 Å². The molecule has 0 bridgehead atoms. The summed E-state index contributed by atoms with van der Waals surface area (Å²) in [6, 6.07) is 3.83. The van der Waals surface area contributed by atoms with Crippen molar-refractivity contribution in [2.24, 2.45) is 5.92 Å². The van der Waals surface area contributed by atoms with E-state index in [-0.39, 0.29) is 24.8 Å². The molecule has 1 atom stereocenters. The van der Waals surface area contributed by atoms with Gasteiger partial charge in [-0.1, -0.05) is 0 Å². The Labute approximate surface area is 197 Å². The van der Waals surface area contributed by atoms with E-state index in [2.05, 4.69) is 25.5 Å². The number of aryl methyl sites for hydroxylation is 1. The highest BCUT2D eigenvalue weighted by Crippen LogP contribution is 2.42. The maximum atomic E-state index is 13.6. The van der Waals surface area contributed by atoms with Crippen LogP contribution in [0.25, 0.3) is 21.1 Å². The second-order valence-corrected chi connectivity index (χ2v) is 9.93. The first-order valence-electron chi connectivity index (χ1n) is 11.1. The predicted molar refractivity (Wildman–Crippen MR) is 125 cm³/mol. The molecule has 1 aliphatic heterocycles. The fourth-order valence-corrected chi connectivity index (χ4v) is 6.23. The first-order valence-corrected chi connectivity index (χ1v) is 11.9. The summed E-state index contributed by atoms with van der Waals surface area (Å²) in [5.41, 5.74) is 2.76. The van der Waals surface area contributed by atoms with E-state index in [1.807, 2.05) is 12.1 Å². The van der Waals surface area contributed by atoms with Gasteiger partial charge >= 0.3 is 0 Å². The second kappa shape index (κ2) is 7.86. The minimum atomic E-state index is -2.77. The van der Waals surface area contributed by atoms with E-state index < -0.39 is 12.5 Å². The van der Waals surface area contributed by atoms with E-state index in [0.29, 0.717) is 30.8 Å². The Hall–Kier alpha value is -3.34. The van der Waals surface area contributed by atoms with Gasteiger partial charge in [0.1, 0.15) is 22.7 Å². The second-order valence-electron chi connectivity index (χ2n) is 8.85. The zero-order chi connectivity index (χ0) is 23.4. The first kappa shape index (κ1) is 21.2. The highest BCUT2D eigenvalue weighted by atomic mass is 32.1. The van der Waals surface area contributed by atoms with Crippen molar-refractivity contribution in [3.05, 3.63) is 35.1 Å². The summed E-state index contributed by atoms with van der Waals surface area (Å²) in [7, 11) is 1.61. The molecule has 2 N–H and O–H groups in total. The van der Waals surface area contributed by atoms with Gasteiger partial charge in [0, 0.05) is 35.2 Å². The van der Waals surface area contributed by atoms with Gasteiger partial charge in [-0.25, -0.2) is 18.7 Å². The van der Waals surface area contributed by atoms with E-state index in [1.54, 1.807) is 24.6 Å². The average molecular weight is 485 g/mol. The van der Waals surface area contributed by atoms with Gasteiger partial charge in [0.25, 0.3) is 5.92 Å². The van der Waals surface area contributed by atoms with Crippen LogP contribution in [0.3, 0.4) is 0 Å². The molecule has 1 aliphatic carbocycles. The SMILES string of the molecule is COc1cc2[nH]ncc2cc1Nc1ncnc2sc3c(c12)CC[C@H](C(=O)N1CCC(F)(F)C1)C3. The van der Waals surface area contributed by atoms with Crippen molar-refractivity contribution in [2.45, 2.75) is 31.6 Å². The Balaban J connectivity index is 1.31. The van der Waals surface area contributed by atoms with Crippen molar-refractivity contribution < 1.29 is 18.3 Å². The largest absolute Gasteiger partial charge is 0.494 e. The number of carbonyl (C=O) groups is 1. The van der Waals surface area contributed by atoms with Crippen LogP contribution in [-0.2, 0) is 17.6 Å². The van der Waals surface area contributed by atoms with Crippen LogP contribution in [0.4, 0.5) is 20.3 Å². The molecule has 1 aromatic carbocycles. The lowest BCUT2D eigenvalue weighted by atomic mass is 9.87. The number of nitrogens with one attached hydrogen (secondary N) is 2. The molecule has 8 nitrogen and oxygen atoms in total. The minimum absolute atomic E-state index is 0.129. The van der Waals surface area contributed by atoms with Crippen LogP contribution >= 0.6 is 11.3 Å². The summed E-state index contributed by atoms with van der Waals surface area (Å²) < 4.78 is 32.8. The van der Waals surface area contributed by atoms with Gasteiger partial charge in [0.05, 0.1) is 36.4 Å². The number of alkyl halides is 2. The van der Waals surface area contributed by atoms with Crippen molar-refractivity contribution in [3.8, 4) is 5.75 Å². The third kappa shape index (κ3) is 3.54. The Bertz CT molecular complexity index is 1420. The Morgan fingerprint density at radius 2 is 2.24 bits per heavy atom. The van der Waals surface area contributed by atoms with Crippen LogP contribution in [0.2, 0.25) is 0 Å². The van der Waals surface area contributed by atoms with E-state index in [4.69, 9.17) is 4.74 Å². The fraction of sp³-hybridized carbons (Fsp3) is 0.391. The number of thiophene rings is 1. The van der Waals surface area contributed by atoms with Crippen LogP contribution in [0.15, 0.2) is 24.7 Å². The molecule has 0 unspecified atom stereocenters. The van der Waals surface area contributed by atoms with Gasteiger partial charge in [-0.05, 0) is 30.9 Å². The number of nitrogens with zero attached hydrogens (tertiary/aromatic N) is 4. The van der Waals surface area contributed by atoms with E-state index in [9.17, 15) is 13.6 Å². The topological polar surface area (TPSA) is 96.0 Å². The number of anilines is 2. The average Bonchev–Trinajstić information content (AvgIpc) is 3.53. The number of likely N-dealkylation sites (tertiary alicyclic amines) is 1. The van der Waals surface area contributed by atoms with Crippen molar-refractivity contribution in [1.82, 2.24) is 25.1 Å². The van der Waals surface area contributed by atoms with Gasteiger partial charge < -0.3 is 15.0 Å². The normalized spacial score (nSPS) is 19.5. The number of hydrogen-bond donors (Lipinski definition) is 2. The van der Waals surface area contributed by atoms with Crippen molar-refractivity contribution >= 4 is 49.9 Å². The number of aromatic nitrogens is 4. The number of halogens is 2. The molecule has 11 heteroatoms. The summed E-state index contributed by atoms with van der Waals surface area (Å²) >= 11 is 1.55. The first-order chi connectivity index (χ1) is 16.4. The molecule has 4 aromatic rings. The number of H-pyrrole nitrogens is 1. The summed E-state index contributed by atoms with van der Waals surface area (Å²) in [4.78, 5) is 25.1. The van der Waals surface area contributed by atoms with Crippen molar-refractivity contribution in [2.75, 3.05) is 25.5 Å². The van der Waals surface area contributed by atoms with Crippen molar-refractivity contribution in [1.29, 1.82) is 0 Å². The maximum Gasteiger partial charge on any atom is 0.267 e. The number of rotatable bonds is 4. The van der Waals surface area contributed by atoms with Gasteiger partial charge in [-0.2, -0.15) is 5.10 Å². The molecule has 1 saturated heterocycles. The standard InChI is InChI=1S/C23H22F2N6O2S/c1-33-17-8-15-13(9-28-30-15)6-16(17)29-20-19-14-3-2-12(7-18(14)34-21(19)27-11-26-20)22(32)31-5-4-23(24,25)10-31/h6,8-9,11-12H,2-5,7,10H2,1H3,(H,28,30)(H,26,27,29)/t12-/m0/s1. The van der Waals surface area contributed by atoms with E-state index in [0.717, 1.165) is 37.2 Å².